The van der Waals surface area contributed by atoms with Crippen molar-refractivity contribution >= 4 is 23.8 Å². The molecule has 258 valence electrons. The lowest BCUT2D eigenvalue weighted by Crippen LogP contribution is -2.53. The summed E-state index contributed by atoms with van der Waals surface area (Å²) in [6.45, 7) is 6.87. The van der Waals surface area contributed by atoms with Crippen molar-refractivity contribution in [3.63, 3.8) is 0 Å². The van der Waals surface area contributed by atoms with Crippen LogP contribution >= 0.6 is 0 Å². The fourth-order valence-electron chi connectivity index (χ4n) is 6.44. The highest BCUT2D eigenvalue weighted by molar-refractivity contribution is 5.94. The van der Waals surface area contributed by atoms with Crippen LogP contribution in [0.3, 0.4) is 0 Å². The Balaban J connectivity index is 0.000000360. The van der Waals surface area contributed by atoms with Crippen LogP contribution in [0.4, 0.5) is 26.3 Å². The summed E-state index contributed by atoms with van der Waals surface area (Å²) in [5, 5.41) is 17.4. The summed E-state index contributed by atoms with van der Waals surface area (Å²) in [6.07, 6.45) is -1.66. The number of alkyl halides is 6. The quantitative estimate of drug-likeness (QED) is 0.393. The molecule has 0 saturated carbocycles. The monoisotopic (exact) mass is 674 g/mol. The molecule has 0 radical (unpaired) electrons. The Morgan fingerprint density at radius 1 is 0.894 bits per heavy atom. The summed E-state index contributed by atoms with van der Waals surface area (Å²) in [7, 11) is 0. The van der Waals surface area contributed by atoms with E-state index in [-0.39, 0.29) is 22.6 Å². The van der Waals surface area contributed by atoms with Gasteiger partial charge in [-0.15, -0.1) is 0 Å². The standard InChI is InChI=1S/C27H34N4O2.2C2HF3O2/c1-2-4-21-6-8-23(9-7-21)24(32)31-15-11-26(12-16-31)19-30(18-22-5-3-13-28-17-22)20-27(26)10-14-29-25(27)33;2*3-2(4,5)1(6)7/h3,5-9,13,17H,2,4,10-12,14-16,18-20H2,1H3,(H,29,33);2*(H,6,7). The summed E-state index contributed by atoms with van der Waals surface area (Å²) < 4.78 is 63.5. The number of carboxylic acids is 2. The van der Waals surface area contributed by atoms with Crippen molar-refractivity contribution in [1.82, 2.24) is 20.1 Å². The van der Waals surface area contributed by atoms with Crippen LogP contribution < -0.4 is 5.32 Å². The smallest absolute Gasteiger partial charge is 0.475 e. The summed E-state index contributed by atoms with van der Waals surface area (Å²) >= 11 is 0. The third-order valence-electron chi connectivity index (χ3n) is 8.67. The van der Waals surface area contributed by atoms with Gasteiger partial charge in [-0.3, -0.25) is 19.5 Å². The van der Waals surface area contributed by atoms with Gasteiger partial charge in [-0.1, -0.05) is 31.5 Å². The molecule has 3 aliphatic heterocycles. The van der Waals surface area contributed by atoms with Gasteiger partial charge in [0.15, 0.2) is 0 Å². The number of rotatable bonds is 5. The van der Waals surface area contributed by atoms with E-state index < -0.39 is 24.3 Å². The molecule has 2 aromatic rings. The zero-order chi connectivity index (χ0) is 35.0. The zero-order valence-electron chi connectivity index (χ0n) is 25.5. The number of carboxylic acid groups (broad SMARTS) is 2. The molecule has 0 aliphatic carbocycles. The number of likely N-dealkylation sites (tertiary alicyclic amines) is 2. The lowest BCUT2D eigenvalue weighted by molar-refractivity contribution is -0.193. The second-order valence-electron chi connectivity index (χ2n) is 11.7. The number of fused-ring (bicyclic) bond motifs is 1. The van der Waals surface area contributed by atoms with Crippen LogP contribution in [-0.2, 0) is 27.3 Å². The second kappa shape index (κ2) is 15.1. The van der Waals surface area contributed by atoms with E-state index in [1.165, 1.54) is 11.1 Å². The molecule has 3 saturated heterocycles. The highest BCUT2D eigenvalue weighted by Crippen LogP contribution is 2.56. The first kappa shape index (κ1) is 37.2. The van der Waals surface area contributed by atoms with Crippen LogP contribution in [0.25, 0.3) is 0 Å². The molecule has 16 heteroatoms. The van der Waals surface area contributed by atoms with Crippen LogP contribution in [-0.4, -0.2) is 93.8 Å². The predicted octanol–water partition coefficient (Wildman–Crippen LogP) is 4.55. The number of carbonyl (C=O) groups is 4. The van der Waals surface area contributed by atoms with Gasteiger partial charge in [-0.05, 0) is 55.0 Å². The molecular formula is C31H36F6N4O6. The van der Waals surface area contributed by atoms with Gasteiger partial charge in [0.2, 0.25) is 5.91 Å². The van der Waals surface area contributed by atoms with Crippen LogP contribution in [0.15, 0.2) is 48.8 Å². The number of hydrogen-bond acceptors (Lipinski definition) is 6. The average Bonchev–Trinajstić information content (AvgIpc) is 3.52. The first-order valence-electron chi connectivity index (χ1n) is 14.8. The van der Waals surface area contributed by atoms with Gasteiger partial charge >= 0.3 is 24.3 Å². The number of nitrogens with zero attached hydrogens (tertiary/aromatic N) is 3. The molecule has 10 nitrogen and oxygen atoms in total. The van der Waals surface area contributed by atoms with Crippen molar-refractivity contribution < 1.29 is 55.7 Å². The number of pyridine rings is 1. The van der Waals surface area contributed by atoms with E-state index in [4.69, 9.17) is 19.8 Å². The van der Waals surface area contributed by atoms with Crippen molar-refractivity contribution in [3.05, 3.63) is 65.5 Å². The molecule has 2 spiro atoms. The number of hydrogen-bond donors (Lipinski definition) is 3. The molecule has 3 N–H and O–H groups in total. The largest absolute Gasteiger partial charge is 0.490 e. The minimum atomic E-state index is -5.08. The molecule has 5 rings (SSSR count). The summed E-state index contributed by atoms with van der Waals surface area (Å²) in [5.41, 5.74) is 2.82. The minimum absolute atomic E-state index is 0.0719. The Morgan fingerprint density at radius 3 is 1.91 bits per heavy atom. The second-order valence-corrected chi connectivity index (χ2v) is 11.7. The maximum Gasteiger partial charge on any atom is 0.490 e. The van der Waals surface area contributed by atoms with Gasteiger partial charge in [0.25, 0.3) is 5.91 Å². The van der Waals surface area contributed by atoms with Crippen LogP contribution in [0.2, 0.25) is 0 Å². The Hall–Kier alpha value is -4.21. The minimum Gasteiger partial charge on any atom is -0.475 e. The predicted molar refractivity (Wildman–Crippen MR) is 155 cm³/mol. The van der Waals surface area contributed by atoms with E-state index in [1.807, 2.05) is 29.3 Å². The van der Waals surface area contributed by atoms with E-state index in [0.29, 0.717) is 13.1 Å². The summed E-state index contributed by atoms with van der Waals surface area (Å²) in [4.78, 5) is 52.8. The number of carbonyl (C=O) groups excluding carboxylic acids is 2. The number of benzene rings is 1. The Kier molecular flexibility index (Phi) is 12.0. The molecule has 1 atom stereocenters. The highest BCUT2D eigenvalue weighted by Gasteiger charge is 2.63. The molecule has 47 heavy (non-hydrogen) atoms. The van der Waals surface area contributed by atoms with Crippen molar-refractivity contribution in [3.8, 4) is 0 Å². The van der Waals surface area contributed by atoms with Crippen molar-refractivity contribution in [2.24, 2.45) is 10.8 Å². The van der Waals surface area contributed by atoms with E-state index in [9.17, 15) is 35.9 Å². The Labute approximate surface area is 266 Å². The van der Waals surface area contributed by atoms with E-state index >= 15 is 0 Å². The van der Waals surface area contributed by atoms with E-state index in [2.05, 4.69) is 40.3 Å². The van der Waals surface area contributed by atoms with Crippen molar-refractivity contribution in [2.75, 3.05) is 32.7 Å². The summed E-state index contributed by atoms with van der Waals surface area (Å²) in [6, 6.07) is 12.2. The van der Waals surface area contributed by atoms with Gasteiger partial charge in [0.1, 0.15) is 0 Å². The van der Waals surface area contributed by atoms with Gasteiger partial charge in [-0.2, -0.15) is 26.3 Å². The SMILES string of the molecule is CCCc1ccc(C(=O)N2CCC3(CC2)CN(Cc2cccnc2)CC32CCNC2=O)cc1.O=C(O)C(F)(F)F.O=C(O)C(F)(F)F. The zero-order valence-corrected chi connectivity index (χ0v) is 25.5. The highest BCUT2D eigenvalue weighted by atomic mass is 19.4. The molecule has 3 fully saturated rings. The van der Waals surface area contributed by atoms with Crippen molar-refractivity contribution in [2.45, 2.75) is 57.9 Å². The molecule has 1 aromatic carbocycles. The third-order valence-corrected chi connectivity index (χ3v) is 8.67. The molecule has 2 amide bonds. The summed E-state index contributed by atoms with van der Waals surface area (Å²) in [5.74, 6) is -5.19. The first-order valence-corrected chi connectivity index (χ1v) is 14.8. The van der Waals surface area contributed by atoms with Crippen LogP contribution in [0, 0.1) is 10.8 Å². The van der Waals surface area contributed by atoms with Gasteiger partial charge < -0.3 is 20.4 Å². The average molecular weight is 675 g/mol. The molecular weight excluding hydrogens is 638 g/mol. The normalized spacial score (nSPS) is 20.6. The number of aliphatic carboxylic acids is 2. The molecule has 1 unspecified atom stereocenters. The van der Waals surface area contributed by atoms with E-state index in [1.54, 1.807) is 6.20 Å². The Morgan fingerprint density at radius 2 is 1.47 bits per heavy atom. The topological polar surface area (TPSA) is 140 Å². The maximum absolute atomic E-state index is 13.2. The number of aryl methyl sites for hydroxylation is 1. The Bertz CT molecular complexity index is 1370. The lowest BCUT2D eigenvalue weighted by atomic mass is 9.60. The fraction of sp³-hybridized carbons (Fsp3) is 0.516. The number of nitrogens with one attached hydrogen (secondary N) is 1. The number of aromatic nitrogens is 1. The number of halogens is 6. The molecule has 3 aliphatic rings. The molecule has 4 heterocycles. The fourth-order valence-corrected chi connectivity index (χ4v) is 6.44. The first-order chi connectivity index (χ1) is 21.9. The van der Waals surface area contributed by atoms with Gasteiger partial charge in [0.05, 0.1) is 5.41 Å². The molecule has 1 aromatic heterocycles. The van der Waals surface area contributed by atoms with Crippen LogP contribution in [0.1, 0.15) is 54.1 Å². The number of amides is 2. The lowest BCUT2D eigenvalue weighted by Gasteiger charge is -2.46. The maximum atomic E-state index is 13.2. The van der Waals surface area contributed by atoms with Crippen LogP contribution in [0.5, 0.6) is 0 Å². The van der Waals surface area contributed by atoms with Gasteiger partial charge in [0, 0.05) is 62.6 Å². The molecule has 0 bridgehead atoms. The van der Waals surface area contributed by atoms with Gasteiger partial charge in [-0.25, -0.2) is 9.59 Å². The third kappa shape index (κ3) is 9.20. The van der Waals surface area contributed by atoms with Crippen molar-refractivity contribution in [1.29, 1.82) is 0 Å². The van der Waals surface area contributed by atoms with E-state index in [0.717, 1.165) is 63.8 Å². The number of piperidine rings is 1.